The first-order valence-electron chi connectivity index (χ1n) is 10.2. The summed E-state index contributed by atoms with van der Waals surface area (Å²) in [5.41, 5.74) is 2.99. The standard InChI is InChI=1S/C24H21ClN4O2S/c1-27(14-17-6-5-7-19(25)12-17)15-28-24(32)29(20-8-3-2-4-9-20)23(26-28)18-10-11-21-22(13-18)31-16-30-21/h2-13H,14-16H2,1H3. The molecule has 0 radical (unpaired) electrons. The molecule has 1 aliphatic heterocycles. The van der Waals surface area contributed by atoms with E-state index >= 15 is 0 Å². The van der Waals surface area contributed by atoms with Gasteiger partial charge in [0.2, 0.25) is 11.6 Å². The van der Waals surface area contributed by atoms with Crippen LogP contribution in [0.5, 0.6) is 11.5 Å². The quantitative estimate of drug-likeness (QED) is 0.350. The van der Waals surface area contributed by atoms with Crippen molar-refractivity contribution in [3.05, 3.63) is 88.2 Å². The van der Waals surface area contributed by atoms with E-state index in [9.17, 15) is 0 Å². The van der Waals surface area contributed by atoms with Gasteiger partial charge in [-0.3, -0.25) is 9.47 Å². The predicted octanol–water partition coefficient (Wildman–Crippen LogP) is 5.54. The van der Waals surface area contributed by atoms with Crippen LogP contribution in [0.15, 0.2) is 72.8 Å². The number of hydrogen-bond donors (Lipinski definition) is 0. The Morgan fingerprint density at radius 1 is 1.00 bits per heavy atom. The number of rotatable bonds is 6. The highest BCUT2D eigenvalue weighted by atomic mass is 35.5. The fourth-order valence-electron chi connectivity index (χ4n) is 3.76. The molecule has 162 valence electrons. The van der Waals surface area contributed by atoms with Gasteiger partial charge in [-0.15, -0.1) is 5.10 Å². The number of benzene rings is 3. The number of aromatic nitrogens is 3. The minimum Gasteiger partial charge on any atom is -0.454 e. The fraction of sp³-hybridized carbons (Fsp3) is 0.167. The van der Waals surface area contributed by atoms with E-state index in [4.69, 9.17) is 38.4 Å². The number of halogens is 1. The van der Waals surface area contributed by atoms with E-state index < -0.39 is 0 Å². The molecular weight excluding hydrogens is 444 g/mol. The van der Waals surface area contributed by atoms with Gasteiger partial charge in [-0.2, -0.15) is 0 Å². The molecule has 0 N–H and O–H groups in total. The number of fused-ring (bicyclic) bond motifs is 1. The Labute approximate surface area is 196 Å². The van der Waals surface area contributed by atoms with Crippen LogP contribution in [0.25, 0.3) is 17.1 Å². The lowest BCUT2D eigenvalue weighted by atomic mass is 10.2. The second kappa shape index (κ2) is 8.78. The van der Waals surface area contributed by atoms with Crippen LogP contribution in [0.1, 0.15) is 5.56 Å². The molecule has 0 saturated carbocycles. The molecule has 6 nitrogen and oxygen atoms in total. The summed E-state index contributed by atoms with van der Waals surface area (Å²) in [5, 5.41) is 5.62. The van der Waals surface area contributed by atoms with E-state index in [-0.39, 0.29) is 6.79 Å². The van der Waals surface area contributed by atoms with Crippen molar-refractivity contribution < 1.29 is 9.47 Å². The minimum atomic E-state index is 0.229. The third kappa shape index (κ3) is 4.14. The lowest BCUT2D eigenvalue weighted by molar-refractivity contribution is 0.174. The van der Waals surface area contributed by atoms with Crippen molar-refractivity contribution >= 4 is 23.8 Å². The van der Waals surface area contributed by atoms with Gasteiger partial charge in [0, 0.05) is 22.8 Å². The van der Waals surface area contributed by atoms with Gasteiger partial charge in [-0.1, -0.05) is 41.9 Å². The van der Waals surface area contributed by atoms with Crippen molar-refractivity contribution in [1.29, 1.82) is 0 Å². The Morgan fingerprint density at radius 2 is 1.81 bits per heavy atom. The molecule has 0 amide bonds. The maximum atomic E-state index is 6.14. The van der Waals surface area contributed by atoms with Crippen LogP contribution in [-0.4, -0.2) is 33.1 Å². The van der Waals surface area contributed by atoms with Crippen molar-refractivity contribution in [3.63, 3.8) is 0 Å². The molecule has 0 saturated heterocycles. The SMILES string of the molecule is CN(Cc1cccc(Cl)c1)Cn1nc(-c2ccc3c(c2)OCO3)n(-c2ccccc2)c1=S. The monoisotopic (exact) mass is 464 g/mol. The molecule has 0 aliphatic carbocycles. The second-order valence-corrected chi connectivity index (χ2v) is 8.43. The van der Waals surface area contributed by atoms with Crippen molar-refractivity contribution in [3.8, 4) is 28.6 Å². The van der Waals surface area contributed by atoms with Crippen LogP contribution in [0, 0.1) is 4.77 Å². The van der Waals surface area contributed by atoms with Crippen LogP contribution < -0.4 is 9.47 Å². The molecule has 0 bridgehead atoms. The lowest BCUT2D eigenvalue weighted by Gasteiger charge is -2.16. The minimum absolute atomic E-state index is 0.229. The first-order valence-corrected chi connectivity index (χ1v) is 11.0. The molecule has 8 heteroatoms. The zero-order chi connectivity index (χ0) is 22.1. The summed E-state index contributed by atoms with van der Waals surface area (Å²) in [7, 11) is 2.03. The highest BCUT2D eigenvalue weighted by Crippen LogP contribution is 2.36. The first-order chi connectivity index (χ1) is 15.6. The average Bonchev–Trinajstić information content (AvgIpc) is 3.38. The Kier molecular flexibility index (Phi) is 5.70. The van der Waals surface area contributed by atoms with Gasteiger partial charge in [-0.25, -0.2) is 4.68 Å². The third-order valence-electron chi connectivity index (χ3n) is 5.20. The molecule has 0 spiro atoms. The zero-order valence-electron chi connectivity index (χ0n) is 17.4. The van der Waals surface area contributed by atoms with E-state index in [1.807, 2.05) is 83.0 Å². The highest BCUT2D eigenvalue weighted by Gasteiger charge is 2.19. The Balaban J connectivity index is 1.52. The van der Waals surface area contributed by atoms with Crippen molar-refractivity contribution in [2.45, 2.75) is 13.2 Å². The fourth-order valence-corrected chi connectivity index (χ4v) is 4.26. The highest BCUT2D eigenvalue weighted by molar-refractivity contribution is 7.71. The van der Waals surface area contributed by atoms with Crippen molar-refractivity contribution in [1.82, 2.24) is 19.2 Å². The Bertz CT molecular complexity index is 1320. The number of ether oxygens (including phenoxy) is 2. The first kappa shape index (κ1) is 20.8. The normalized spacial score (nSPS) is 12.5. The van der Waals surface area contributed by atoms with Crippen LogP contribution in [0.3, 0.4) is 0 Å². The van der Waals surface area contributed by atoms with E-state index in [2.05, 4.69) is 11.0 Å². The third-order valence-corrected chi connectivity index (χ3v) is 5.83. The largest absolute Gasteiger partial charge is 0.454 e. The number of hydrogen-bond acceptors (Lipinski definition) is 5. The molecule has 3 aromatic carbocycles. The molecule has 0 fully saturated rings. The Morgan fingerprint density at radius 3 is 2.62 bits per heavy atom. The number of para-hydroxylation sites is 1. The molecule has 2 heterocycles. The van der Waals surface area contributed by atoms with E-state index in [0.29, 0.717) is 17.2 Å². The molecule has 0 unspecified atom stereocenters. The topological polar surface area (TPSA) is 44.5 Å². The van der Waals surface area contributed by atoms with Gasteiger partial charge < -0.3 is 9.47 Å². The molecule has 5 rings (SSSR count). The molecule has 1 aliphatic rings. The van der Waals surface area contributed by atoms with E-state index in [1.165, 1.54) is 0 Å². The van der Waals surface area contributed by atoms with Crippen molar-refractivity contribution in [2.75, 3.05) is 13.8 Å². The van der Waals surface area contributed by atoms with Crippen molar-refractivity contribution in [2.24, 2.45) is 0 Å². The van der Waals surface area contributed by atoms with Gasteiger partial charge in [0.25, 0.3) is 0 Å². The summed E-state index contributed by atoms with van der Waals surface area (Å²) >= 11 is 12.0. The molecule has 32 heavy (non-hydrogen) atoms. The number of nitrogens with zero attached hydrogens (tertiary/aromatic N) is 4. The zero-order valence-corrected chi connectivity index (χ0v) is 19.0. The van der Waals surface area contributed by atoms with Gasteiger partial charge in [0.1, 0.15) is 0 Å². The maximum absolute atomic E-state index is 6.14. The maximum Gasteiger partial charge on any atom is 0.231 e. The van der Waals surface area contributed by atoms with Gasteiger partial charge >= 0.3 is 0 Å². The Hall–Kier alpha value is -3.13. The van der Waals surface area contributed by atoms with Gasteiger partial charge in [0.05, 0.1) is 6.67 Å². The molecule has 0 atom stereocenters. The van der Waals surface area contributed by atoms with Crippen LogP contribution in [0.2, 0.25) is 5.02 Å². The average molecular weight is 465 g/mol. The van der Waals surface area contributed by atoms with Gasteiger partial charge in [-0.05, 0) is 67.3 Å². The van der Waals surface area contributed by atoms with Gasteiger partial charge in [0.15, 0.2) is 17.3 Å². The van der Waals surface area contributed by atoms with E-state index in [1.54, 1.807) is 0 Å². The van der Waals surface area contributed by atoms with E-state index in [0.717, 1.165) is 40.0 Å². The summed E-state index contributed by atoms with van der Waals surface area (Å²) in [6.45, 7) is 1.48. The van der Waals surface area contributed by atoms with Crippen LogP contribution in [0.4, 0.5) is 0 Å². The predicted molar refractivity (Wildman–Crippen MR) is 127 cm³/mol. The summed E-state index contributed by atoms with van der Waals surface area (Å²) in [6, 6.07) is 23.7. The molecule has 4 aromatic rings. The summed E-state index contributed by atoms with van der Waals surface area (Å²) < 4.78 is 15.5. The van der Waals surface area contributed by atoms with Crippen LogP contribution in [-0.2, 0) is 13.2 Å². The second-order valence-electron chi connectivity index (χ2n) is 7.63. The summed E-state index contributed by atoms with van der Waals surface area (Å²) in [6.07, 6.45) is 0. The lowest BCUT2D eigenvalue weighted by Crippen LogP contribution is -2.22. The smallest absolute Gasteiger partial charge is 0.231 e. The van der Waals surface area contributed by atoms with Crippen LogP contribution >= 0.6 is 23.8 Å². The summed E-state index contributed by atoms with van der Waals surface area (Å²) in [4.78, 5) is 2.15. The molecular formula is C24H21ClN4O2S. The summed E-state index contributed by atoms with van der Waals surface area (Å²) in [5.74, 6) is 2.19. The molecule has 1 aromatic heterocycles.